The van der Waals surface area contributed by atoms with Gasteiger partial charge in [-0.1, -0.05) is 12.1 Å². The molecule has 4 rings (SSSR count). The molecule has 0 aliphatic carbocycles. The summed E-state index contributed by atoms with van der Waals surface area (Å²) < 4.78 is 0. The Hall–Kier alpha value is -2.69. The summed E-state index contributed by atoms with van der Waals surface area (Å²) in [6.07, 6.45) is 7.39. The van der Waals surface area contributed by atoms with Crippen molar-refractivity contribution in [3.05, 3.63) is 55.1 Å². The normalized spacial score (nSPS) is 15.3. The minimum absolute atomic E-state index is 0.821. The van der Waals surface area contributed by atoms with E-state index in [4.69, 9.17) is 0 Å². The van der Waals surface area contributed by atoms with Crippen molar-refractivity contribution in [1.82, 2.24) is 15.0 Å². The summed E-state index contributed by atoms with van der Waals surface area (Å²) in [6, 6.07) is 10.3. The van der Waals surface area contributed by atoms with Gasteiger partial charge in [-0.25, -0.2) is 9.97 Å². The van der Waals surface area contributed by atoms with Crippen molar-refractivity contribution in [2.24, 2.45) is 0 Å². The average molecular weight is 291 g/mol. The molecular weight excluding hydrogens is 274 g/mol. The Morgan fingerprint density at radius 2 is 1.55 bits per heavy atom. The zero-order chi connectivity index (χ0) is 14.8. The Morgan fingerprint density at radius 3 is 2.36 bits per heavy atom. The van der Waals surface area contributed by atoms with Crippen LogP contribution in [0.3, 0.4) is 0 Å². The summed E-state index contributed by atoms with van der Waals surface area (Å²) in [5.41, 5.74) is 1.26. The van der Waals surface area contributed by atoms with Gasteiger partial charge < -0.3 is 9.80 Å². The van der Waals surface area contributed by atoms with E-state index in [9.17, 15) is 0 Å². The quantitative estimate of drug-likeness (QED) is 0.725. The highest BCUT2D eigenvalue weighted by molar-refractivity contribution is 5.93. The first-order valence-electron chi connectivity index (χ1n) is 7.51. The summed E-state index contributed by atoms with van der Waals surface area (Å²) in [5, 5.41) is 2.45. The van der Waals surface area contributed by atoms with Gasteiger partial charge in [0, 0.05) is 62.0 Å². The highest BCUT2D eigenvalue weighted by atomic mass is 15.3. The zero-order valence-electron chi connectivity index (χ0n) is 12.3. The fourth-order valence-electron chi connectivity index (χ4n) is 2.97. The smallest absolute Gasteiger partial charge is 0.225 e. The number of rotatable bonds is 2. The van der Waals surface area contributed by atoms with Crippen molar-refractivity contribution < 1.29 is 0 Å². The van der Waals surface area contributed by atoms with Gasteiger partial charge in [0.25, 0.3) is 0 Å². The van der Waals surface area contributed by atoms with Crippen LogP contribution in [-0.4, -0.2) is 41.1 Å². The second-order valence-corrected chi connectivity index (χ2v) is 5.40. The van der Waals surface area contributed by atoms with Crippen molar-refractivity contribution in [2.75, 3.05) is 36.0 Å². The lowest BCUT2D eigenvalue weighted by molar-refractivity contribution is 0.641. The van der Waals surface area contributed by atoms with Gasteiger partial charge in [-0.05, 0) is 23.6 Å². The molecule has 0 radical (unpaired) electrons. The van der Waals surface area contributed by atoms with E-state index in [-0.39, 0.29) is 0 Å². The molecule has 0 spiro atoms. The number of pyridine rings is 1. The predicted octanol–water partition coefficient (Wildman–Crippen LogP) is 2.35. The molecule has 3 heterocycles. The molecule has 3 aromatic rings. The number of piperazine rings is 1. The van der Waals surface area contributed by atoms with Crippen LogP contribution in [0.1, 0.15) is 0 Å². The molecule has 0 amide bonds. The van der Waals surface area contributed by atoms with Crippen LogP contribution in [0.4, 0.5) is 11.6 Å². The minimum Gasteiger partial charge on any atom is -0.367 e. The topological polar surface area (TPSA) is 45.2 Å². The molecule has 1 aliphatic heterocycles. The Balaban J connectivity index is 1.56. The third-order valence-corrected chi connectivity index (χ3v) is 4.12. The summed E-state index contributed by atoms with van der Waals surface area (Å²) in [4.78, 5) is 17.6. The first-order valence-corrected chi connectivity index (χ1v) is 7.51. The predicted molar refractivity (Wildman–Crippen MR) is 88.2 cm³/mol. The molecular formula is C17H17N5. The van der Waals surface area contributed by atoms with E-state index in [1.807, 2.05) is 18.5 Å². The first-order chi connectivity index (χ1) is 10.9. The van der Waals surface area contributed by atoms with E-state index in [0.717, 1.165) is 32.1 Å². The van der Waals surface area contributed by atoms with Crippen LogP contribution in [0.2, 0.25) is 0 Å². The molecule has 2 aromatic heterocycles. The molecule has 1 aliphatic rings. The van der Waals surface area contributed by atoms with E-state index in [1.54, 1.807) is 12.4 Å². The van der Waals surface area contributed by atoms with Crippen molar-refractivity contribution in [3.8, 4) is 0 Å². The largest absolute Gasteiger partial charge is 0.367 e. The molecule has 110 valence electrons. The van der Waals surface area contributed by atoms with Crippen LogP contribution in [0.15, 0.2) is 55.1 Å². The number of anilines is 2. The molecule has 0 atom stereocenters. The summed E-state index contributed by atoms with van der Waals surface area (Å²) in [5.74, 6) is 0.821. The van der Waals surface area contributed by atoms with Crippen LogP contribution in [0.5, 0.6) is 0 Å². The second kappa shape index (κ2) is 5.60. The van der Waals surface area contributed by atoms with Crippen molar-refractivity contribution >= 4 is 22.4 Å². The molecule has 0 bridgehead atoms. The molecule has 1 saturated heterocycles. The van der Waals surface area contributed by atoms with E-state index in [0.29, 0.717) is 0 Å². The van der Waals surface area contributed by atoms with Gasteiger partial charge in [0.05, 0.1) is 0 Å². The van der Waals surface area contributed by atoms with Crippen LogP contribution >= 0.6 is 0 Å². The van der Waals surface area contributed by atoms with Gasteiger partial charge in [-0.15, -0.1) is 0 Å². The van der Waals surface area contributed by atoms with Crippen molar-refractivity contribution in [1.29, 1.82) is 0 Å². The lowest BCUT2D eigenvalue weighted by Gasteiger charge is -2.36. The van der Waals surface area contributed by atoms with Crippen LogP contribution in [0, 0.1) is 0 Å². The number of aromatic nitrogens is 3. The maximum Gasteiger partial charge on any atom is 0.225 e. The molecule has 5 nitrogen and oxygen atoms in total. The second-order valence-electron chi connectivity index (χ2n) is 5.40. The third kappa shape index (κ3) is 2.35. The molecule has 0 N–H and O–H groups in total. The zero-order valence-corrected chi connectivity index (χ0v) is 12.3. The number of hydrogen-bond donors (Lipinski definition) is 0. The SMILES string of the molecule is c1cnc(N2CCN(c3cccc4ccncc34)CC2)nc1. The van der Waals surface area contributed by atoms with Gasteiger partial charge in [0.2, 0.25) is 5.95 Å². The third-order valence-electron chi connectivity index (χ3n) is 4.12. The Bertz CT molecular complexity index is 761. The fraction of sp³-hybridized carbons (Fsp3) is 0.235. The van der Waals surface area contributed by atoms with Crippen LogP contribution < -0.4 is 9.80 Å². The van der Waals surface area contributed by atoms with Crippen LogP contribution in [0.25, 0.3) is 10.8 Å². The Kier molecular flexibility index (Phi) is 3.31. The fourth-order valence-corrected chi connectivity index (χ4v) is 2.97. The van der Waals surface area contributed by atoms with Crippen molar-refractivity contribution in [3.63, 3.8) is 0 Å². The van der Waals surface area contributed by atoms with Gasteiger partial charge in [0.15, 0.2) is 0 Å². The maximum absolute atomic E-state index is 4.34. The Morgan fingerprint density at radius 1 is 0.773 bits per heavy atom. The molecule has 0 unspecified atom stereocenters. The lowest BCUT2D eigenvalue weighted by Crippen LogP contribution is -2.47. The number of nitrogens with zero attached hydrogens (tertiary/aromatic N) is 5. The molecule has 0 saturated carbocycles. The van der Waals surface area contributed by atoms with Crippen molar-refractivity contribution in [2.45, 2.75) is 0 Å². The van der Waals surface area contributed by atoms with Gasteiger partial charge >= 0.3 is 0 Å². The highest BCUT2D eigenvalue weighted by Gasteiger charge is 2.20. The monoisotopic (exact) mass is 291 g/mol. The lowest BCUT2D eigenvalue weighted by atomic mass is 10.1. The number of benzene rings is 1. The molecule has 5 heteroatoms. The van der Waals surface area contributed by atoms with E-state index in [1.165, 1.54) is 16.5 Å². The van der Waals surface area contributed by atoms with E-state index < -0.39 is 0 Å². The standard InChI is InChI=1S/C17H17N5/c1-3-14-5-8-18-13-15(14)16(4-1)21-9-11-22(12-10-21)17-19-6-2-7-20-17/h1-8,13H,9-12H2. The van der Waals surface area contributed by atoms with Crippen LogP contribution in [-0.2, 0) is 0 Å². The summed E-state index contributed by atoms with van der Waals surface area (Å²) in [7, 11) is 0. The average Bonchev–Trinajstić information content (AvgIpc) is 2.62. The number of fused-ring (bicyclic) bond motifs is 1. The summed E-state index contributed by atoms with van der Waals surface area (Å²) in [6.45, 7) is 3.79. The summed E-state index contributed by atoms with van der Waals surface area (Å²) >= 11 is 0. The molecule has 1 fully saturated rings. The minimum atomic E-state index is 0.821. The molecule has 1 aromatic carbocycles. The van der Waals surface area contributed by atoms with Gasteiger partial charge in [0.1, 0.15) is 0 Å². The van der Waals surface area contributed by atoms with Gasteiger partial charge in [-0.3, -0.25) is 4.98 Å². The molecule has 22 heavy (non-hydrogen) atoms. The van der Waals surface area contributed by atoms with E-state index in [2.05, 4.69) is 49.0 Å². The van der Waals surface area contributed by atoms with E-state index >= 15 is 0 Å². The van der Waals surface area contributed by atoms with Gasteiger partial charge in [-0.2, -0.15) is 0 Å². The first kappa shape index (κ1) is 13.0. The Labute approximate surface area is 129 Å². The maximum atomic E-state index is 4.34. The number of hydrogen-bond acceptors (Lipinski definition) is 5. The highest BCUT2D eigenvalue weighted by Crippen LogP contribution is 2.27.